The van der Waals surface area contributed by atoms with Gasteiger partial charge in [-0.25, -0.2) is 4.39 Å². The van der Waals surface area contributed by atoms with Crippen LogP contribution >= 0.6 is 0 Å². The molecule has 0 unspecified atom stereocenters. The number of aryl methyl sites for hydroxylation is 2. The van der Waals surface area contributed by atoms with E-state index in [4.69, 9.17) is 0 Å². The van der Waals surface area contributed by atoms with Crippen molar-refractivity contribution < 1.29 is 14.0 Å². The first kappa shape index (κ1) is 19.1. The number of Topliss-reactive ketones (excluding diaryl/α,β-unsaturated/α-hetero) is 1. The van der Waals surface area contributed by atoms with Crippen LogP contribution in [0.3, 0.4) is 0 Å². The zero-order valence-corrected chi connectivity index (χ0v) is 16.3. The Morgan fingerprint density at radius 3 is 2.33 bits per heavy atom. The van der Waals surface area contributed by atoms with Gasteiger partial charge in [-0.15, -0.1) is 0 Å². The topological polar surface area (TPSA) is 58.4 Å². The molecule has 1 amide bonds. The third-order valence-corrected chi connectivity index (χ3v) is 5.31. The van der Waals surface area contributed by atoms with Crippen molar-refractivity contribution in [2.24, 2.45) is 7.05 Å². The number of benzene rings is 1. The van der Waals surface area contributed by atoms with Gasteiger partial charge >= 0.3 is 0 Å². The molecule has 27 heavy (non-hydrogen) atoms. The van der Waals surface area contributed by atoms with E-state index in [0.29, 0.717) is 43.9 Å². The molecule has 1 aromatic heterocycles. The third-order valence-electron chi connectivity index (χ3n) is 5.31. The molecule has 0 atom stereocenters. The van der Waals surface area contributed by atoms with Crippen LogP contribution in [0.5, 0.6) is 0 Å². The summed E-state index contributed by atoms with van der Waals surface area (Å²) in [5, 5.41) is 4.36. The summed E-state index contributed by atoms with van der Waals surface area (Å²) in [7, 11) is 1.88. The highest BCUT2D eigenvalue weighted by Gasteiger charge is 2.24. The third kappa shape index (κ3) is 3.86. The van der Waals surface area contributed by atoms with Gasteiger partial charge in [0.2, 0.25) is 5.91 Å². The standard InChI is InChI=1S/C20H25FN4O2/c1-13-17(14(2)23(4)22-13)12-20(27)25-9-7-24(8-10-25)19-6-5-16(15(3)26)11-18(19)21/h5-6,11H,7-10,12H2,1-4H3. The molecule has 1 saturated heterocycles. The molecule has 144 valence electrons. The van der Waals surface area contributed by atoms with Crippen LogP contribution in [0.2, 0.25) is 0 Å². The van der Waals surface area contributed by atoms with Crippen molar-refractivity contribution >= 4 is 17.4 Å². The summed E-state index contributed by atoms with van der Waals surface area (Å²) in [5.41, 5.74) is 3.72. The lowest BCUT2D eigenvalue weighted by molar-refractivity contribution is -0.130. The van der Waals surface area contributed by atoms with E-state index in [-0.39, 0.29) is 11.7 Å². The fourth-order valence-corrected chi connectivity index (χ4v) is 3.52. The van der Waals surface area contributed by atoms with Gasteiger partial charge in [0.05, 0.1) is 17.8 Å². The van der Waals surface area contributed by atoms with Crippen LogP contribution in [0.4, 0.5) is 10.1 Å². The molecule has 1 aliphatic heterocycles. The molecular weight excluding hydrogens is 347 g/mol. The largest absolute Gasteiger partial charge is 0.366 e. The van der Waals surface area contributed by atoms with Crippen molar-refractivity contribution in [3.8, 4) is 0 Å². The molecule has 0 N–H and O–H groups in total. The smallest absolute Gasteiger partial charge is 0.227 e. The maximum atomic E-state index is 14.3. The second-order valence-electron chi connectivity index (χ2n) is 7.04. The van der Waals surface area contributed by atoms with E-state index in [0.717, 1.165) is 17.0 Å². The number of carbonyl (C=O) groups excluding carboxylic acids is 2. The van der Waals surface area contributed by atoms with Gasteiger partial charge in [0.1, 0.15) is 5.82 Å². The van der Waals surface area contributed by atoms with E-state index < -0.39 is 5.82 Å². The van der Waals surface area contributed by atoms with Gasteiger partial charge in [-0.2, -0.15) is 5.10 Å². The molecule has 1 aromatic carbocycles. The first-order chi connectivity index (χ1) is 12.8. The number of nitrogens with zero attached hydrogens (tertiary/aromatic N) is 4. The average Bonchev–Trinajstić information content (AvgIpc) is 2.88. The zero-order valence-electron chi connectivity index (χ0n) is 16.3. The van der Waals surface area contributed by atoms with Crippen LogP contribution in [0.1, 0.15) is 34.2 Å². The Hall–Kier alpha value is -2.70. The number of ketones is 1. The molecular formula is C20H25FN4O2. The molecule has 1 aliphatic rings. The van der Waals surface area contributed by atoms with E-state index in [2.05, 4.69) is 5.10 Å². The second-order valence-corrected chi connectivity index (χ2v) is 7.04. The number of hydrogen-bond acceptors (Lipinski definition) is 4. The van der Waals surface area contributed by atoms with Gasteiger partial charge in [0, 0.05) is 50.0 Å². The Bertz CT molecular complexity index is 882. The first-order valence-electron chi connectivity index (χ1n) is 9.10. The predicted octanol–water partition coefficient (Wildman–Crippen LogP) is 2.27. The molecule has 1 fully saturated rings. The normalized spacial score (nSPS) is 14.6. The van der Waals surface area contributed by atoms with Gasteiger partial charge in [-0.05, 0) is 39.0 Å². The van der Waals surface area contributed by atoms with E-state index >= 15 is 0 Å². The van der Waals surface area contributed by atoms with Crippen LogP contribution < -0.4 is 4.90 Å². The Balaban J connectivity index is 1.63. The van der Waals surface area contributed by atoms with Gasteiger partial charge in [-0.3, -0.25) is 14.3 Å². The van der Waals surface area contributed by atoms with Crippen LogP contribution in [0.15, 0.2) is 18.2 Å². The summed E-state index contributed by atoms with van der Waals surface area (Å²) < 4.78 is 16.1. The monoisotopic (exact) mass is 372 g/mol. The summed E-state index contributed by atoms with van der Waals surface area (Å²) in [6, 6.07) is 4.57. The number of carbonyl (C=O) groups is 2. The lowest BCUT2D eigenvalue weighted by atomic mass is 10.1. The maximum absolute atomic E-state index is 14.3. The Morgan fingerprint density at radius 2 is 1.81 bits per heavy atom. The number of aromatic nitrogens is 2. The van der Waals surface area contributed by atoms with Gasteiger partial charge < -0.3 is 9.80 Å². The minimum absolute atomic E-state index is 0.0706. The lowest BCUT2D eigenvalue weighted by Crippen LogP contribution is -2.49. The van der Waals surface area contributed by atoms with Crippen molar-refractivity contribution in [2.45, 2.75) is 27.2 Å². The molecule has 0 spiro atoms. The number of halogens is 1. The zero-order chi connectivity index (χ0) is 19.7. The summed E-state index contributed by atoms with van der Waals surface area (Å²) >= 11 is 0. The molecule has 0 saturated carbocycles. The van der Waals surface area contributed by atoms with Crippen LogP contribution in [0, 0.1) is 19.7 Å². The molecule has 0 aliphatic carbocycles. The minimum Gasteiger partial charge on any atom is -0.366 e. The fraction of sp³-hybridized carbons (Fsp3) is 0.450. The highest BCUT2D eigenvalue weighted by Crippen LogP contribution is 2.23. The quantitative estimate of drug-likeness (QED) is 0.773. The molecule has 0 bridgehead atoms. The van der Waals surface area contributed by atoms with E-state index in [1.807, 2.05) is 30.7 Å². The summed E-state index contributed by atoms with van der Waals surface area (Å²) in [5.74, 6) is -0.484. The maximum Gasteiger partial charge on any atom is 0.227 e. The first-order valence-corrected chi connectivity index (χ1v) is 9.10. The minimum atomic E-state index is -0.399. The fourth-order valence-electron chi connectivity index (χ4n) is 3.52. The van der Waals surface area contributed by atoms with E-state index in [1.165, 1.54) is 13.0 Å². The number of piperazine rings is 1. The number of amides is 1. The van der Waals surface area contributed by atoms with Crippen molar-refractivity contribution in [1.82, 2.24) is 14.7 Å². The predicted molar refractivity (Wildman–Crippen MR) is 102 cm³/mol. The highest BCUT2D eigenvalue weighted by atomic mass is 19.1. The molecule has 6 nitrogen and oxygen atoms in total. The van der Waals surface area contributed by atoms with Gasteiger partial charge in [-0.1, -0.05) is 0 Å². The van der Waals surface area contributed by atoms with E-state index in [9.17, 15) is 14.0 Å². The lowest BCUT2D eigenvalue weighted by Gasteiger charge is -2.36. The van der Waals surface area contributed by atoms with Crippen molar-refractivity contribution in [1.29, 1.82) is 0 Å². The van der Waals surface area contributed by atoms with Crippen LogP contribution in [0.25, 0.3) is 0 Å². The highest BCUT2D eigenvalue weighted by molar-refractivity contribution is 5.94. The van der Waals surface area contributed by atoms with Crippen LogP contribution in [-0.2, 0) is 18.3 Å². The second kappa shape index (κ2) is 7.50. The van der Waals surface area contributed by atoms with Crippen molar-refractivity contribution in [3.05, 3.63) is 46.5 Å². The Kier molecular flexibility index (Phi) is 5.30. The summed E-state index contributed by atoms with van der Waals surface area (Å²) in [6.07, 6.45) is 0.340. The Morgan fingerprint density at radius 1 is 1.15 bits per heavy atom. The molecule has 7 heteroatoms. The molecule has 0 radical (unpaired) electrons. The molecule has 3 rings (SSSR count). The average molecular weight is 372 g/mol. The molecule has 2 heterocycles. The van der Waals surface area contributed by atoms with Crippen LogP contribution in [-0.4, -0.2) is 52.5 Å². The van der Waals surface area contributed by atoms with Gasteiger partial charge in [0.15, 0.2) is 5.78 Å². The van der Waals surface area contributed by atoms with Crippen molar-refractivity contribution in [3.63, 3.8) is 0 Å². The number of anilines is 1. The number of rotatable bonds is 4. The Labute approximate surface area is 158 Å². The van der Waals surface area contributed by atoms with Crippen molar-refractivity contribution in [2.75, 3.05) is 31.1 Å². The summed E-state index contributed by atoms with van der Waals surface area (Å²) in [4.78, 5) is 27.8. The molecule has 2 aromatic rings. The summed E-state index contributed by atoms with van der Waals surface area (Å²) in [6.45, 7) is 7.52. The van der Waals surface area contributed by atoms with E-state index in [1.54, 1.807) is 16.8 Å². The van der Waals surface area contributed by atoms with Gasteiger partial charge in [0.25, 0.3) is 0 Å². The number of hydrogen-bond donors (Lipinski definition) is 0. The SMILES string of the molecule is CC(=O)c1ccc(N2CCN(C(=O)Cc3c(C)nn(C)c3C)CC2)c(F)c1.